The third-order valence-corrected chi connectivity index (χ3v) is 5.93. The summed E-state index contributed by atoms with van der Waals surface area (Å²) in [4.78, 5) is 14.6. The predicted octanol–water partition coefficient (Wildman–Crippen LogP) is 5.57. The Kier molecular flexibility index (Phi) is 6.34. The monoisotopic (exact) mass is 419 g/mol. The molecule has 1 aliphatic rings. The Hall–Kier alpha value is -2.85. The van der Waals surface area contributed by atoms with Crippen LogP contribution in [-0.2, 0) is 17.9 Å². The average molecular weight is 420 g/mol. The molecule has 0 N–H and O–H groups in total. The quantitative estimate of drug-likeness (QED) is 0.470. The fourth-order valence-electron chi connectivity index (χ4n) is 3.89. The van der Waals surface area contributed by atoms with E-state index in [9.17, 15) is 4.79 Å². The molecule has 0 spiro atoms. The molecule has 0 fully saturated rings. The molecule has 30 heavy (non-hydrogen) atoms. The molecule has 0 saturated carbocycles. The number of hydrogen-bond acceptors (Lipinski definition) is 2. The van der Waals surface area contributed by atoms with E-state index in [0.717, 1.165) is 40.2 Å². The average Bonchev–Trinajstić information content (AvgIpc) is 3.40. The van der Waals surface area contributed by atoms with Gasteiger partial charge in [0.2, 0.25) is 5.91 Å². The molecule has 1 amide bonds. The fourth-order valence-corrected chi connectivity index (χ4v) is 4.08. The van der Waals surface area contributed by atoms with Gasteiger partial charge in [0.15, 0.2) is 0 Å². The Morgan fingerprint density at radius 1 is 1.13 bits per heavy atom. The van der Waals surface area contributed by atoms with Crippen molar-refractivity contribution in [2.45, 2.75) is 32.4 Å². The first-order chi connectivity index (χ1) is 14.6. The summed E-state index contributed by atoms with van der Waals surface area (Å²) >= 11 is 6.35. The standard InChI is InChI=1S/C25H26ClN3O/c1-28(24(30)15-19-9-5-6-10-19)16-22-18-29(17-21-13-7-8-14-23(21)26)27-25(22)20-11-3-2-4-12-20/h2-5,7-9,11-14,18-19H,6,10,15-17H2,1H3. The van der Waals surface area contributed by atoms with Gasteiger partial charge in [0, 0.05) is 42.4 Å². The van der Waals surface area contributed by atoms with Crippen LogP contribution < -0.4 is 0 Å². The maximum Gasteiger partial charge on any atom is 0.223 e. The summed E-state index contributed by atoms with van der Waals surface area (Å²) in [5.41, 5.74) is 4.00. The van der Waals surface area contributed by atoms with Gasteiger partial charge in [-0.1, -0.05) is 72.3 Å². The second kappa shape index (κ2) is 9.31. The normalized spacial score (nSPS) is 15.5. The van der Waals surface area contributed by atoms with Crippen LogP contribution in [0.5, 0.6) is 0 Å². The summed E-state index contributed by atoms with van der Waals surface area (Å²) < 4.78 is 1.91. The molecular weight excluding hydrogens is 394 g/mol. The van der Waals surface area contributed by atoms with E-state index in [1.54, 1.807) is 0 Å². The van der Waals surface area contributed by atoms with Gasteiger partial charge >= 0.3 is 0 Å². The molecule has 1 aliphatic carbocycles. The summed E-state index contributed by atoms with van der Waals surface area (Å²) in [5, 5.41) is 5.57. The van der Waals surface area contributed by atoms with Crippen molar-refractivity contribution in [1.82, 2.24) is 14.7 Å². The van der Waals surface area contributed by atoms with Crippen LogP contribution in [-0.4, -0.2) is 27.6 Å². The van der Waals surface area contributed by atoms with Gasteiger partial charge in [-0.25, -0.2) is 0 Å². The number of carbonyl (C=O) groups excluding carboxylic acids is 1. The van der Waals surface area contributed by atoms with Crippen molar-refractivity contribution in [2.24, 2.45) is 5.92 Å². The van der Waals surface area contributed by atoms with Gasteiger partial charge < -0.3 is 4.90 Å². The van der Waals surface area contributed by atoms with E-state index in [4.69, 9.17) is 16.7 Å². The molecule has 1 unspecified atom stereocenters. The highest BCUT2D eigenvalue weighted by Gasteiger charge is 2.20. The van der Waals surface area contributed by atoms with Crippen LogP contribution in [0.3, 0.4) is 0 Å². The molecule has 0 saturated heterocycles. The lowest BCUT2D eigenvalue weighted by Crippen LogP contribution is -2.27. The van der Waals surface area contributed by atoms with Crippen LogP contribution >= 0.6 is 11.6 Å². The molecule has 4 nitrogen and oxygen atoms in total. The Balaban J connectivity index is 1.57. The summed E-state index contributed by atoms with van der Waals surface area (Å²) in [7, 11) is 1.88. The Morgan fingerprint density at radius 2 is 1.90 bits per heavy atom. The van der Waals surface area contributed by atoms with Crippen LogP contribution in [0, 0.1) is 5.92 Å². The second-order valence-electron chi connectivity index (χ2n) is 7.88. The number of amides is 1. The third kappa shape index (κ3) is 4.82. The molecule has 0 aliphatic heterocycles. The van der Waals surface area contributed by atoms with Crippen molar-refractivity contribution in [2.75, 3.05) is 7.05 Å². The Morgan fingerprint density at radius 3 is 2.63 bits per heavy atom. The van der Waals surface area contributed by atoms with E-state index in [1.165, 1.54) is 0 Å². The second-order valence-corrected chi connectivity index (χ2v) is 8.28. The van der Waals surface area contributed by atoms with E-state index in [1.807, 2.05) is 65.3 Å². The first kappa shape index (κ1) is 20.4. The predicted molar refractivity (Wildman–Crippen MR) is 121 cm³/mol. The van der Waals surface area contributed by atoms with E-state index in [2.05, 4.69) is 24.3 Å². The zero-order valence-corrected chi connectivity index (χ0v) is 17.9. The van der Waals surface area contributed by atoms with Crippen LogP contribution in [0.15, 0.2) is 72.9 Å². The zero-order valence-electron chi connectivity index (χ0n) is 17.2. The van der Waals surface area contributed by atoms with Gasteiger partial charge in [0.25, 0.3) is 0 Å². The highest BCUT2D eigenvalue weighted by molar-refractivity contribution is 6.31. The summed E-state index contributed by atoms with van der Waals surface area (Å²) in [6, 6.07) is 17.9. The Labute approximate surface area is 182 Å². The molecule has 1 atom stereocenters. The van der Waals surface area contributed by atoms with E-state index >= 15 is 0 Å². The number of nitrogens with zero attached hydrogens (tertiary/aromatic N) is 3. The summed E-state index contributed by atoms with van der Waals surface area (Å²) in [6.45, 7) is 1.12. The highest BCUT2D eigenvalue weighted by atomic mass is 35.5. The molecule has 154 valence electrons. The highest BCUT2D eigenvalue weighted by Crippen LogP contribution is 2.26. The lowest BCUT2D eigenvalue weighted by atomic mass is 10.0. The minimum Gasteiger partial charge on any atom is -0.341 e. The number of benzene rings is 2. The van der Waals surface area contributed by atoms with E-state index < -0.39 is 0 Å². The van der Waals surface area contributed by atoms with Crippen molar-refractivity contribution in [3.8, 4) is 11.3 Å². The molecule has 1 aromatic heterocycles. The van der Waals surface area contributed by atoms with Gasteiger partial charge in [0.05, 0.1) is 12.2 Å². The van der Waals surface area contributed by atoms with Gasteiger partial charge in [-0.15, -0.1) is 0 Å². The van der Waals surface area contributed by atoms with Crippen molar-refractivity contribution in [3.05, 3.63) is 89.1 Å². The van der Waals surface area contributed by atoms with Crippen LogP contribution in [0.25, 0.3) is 11.3 Å². The minimum absolute atomic E-state index is 0.171. The number of allylic oxidation sites excluding steroid dienone is 2. The third-order valence-electron chi connectivity index (χ3n) is 5.56. The largest absolute Gasteiger partial charge is 0.341 e. The van der Waals surface area contributed by atoms with E-state index in [-0.39, 0.29) is 5.91 Å². The molecule has 2 aromatic carbocycles. The first-order valence-electron chi connectivity index (χ1n) is 10.4. The number of aromatic nitrogens is 2. The van der Waals surface area contributed by atoms with Gasteiger partial charge in [-0.05, 0) is 30.4 Å². The molecule has 0 bridgehead atoms. The number of rotatable bonds is 7. The molecule has 4 rings (SSSR count). The number of hydrogen-bond donors (Lipinski definition) is 0. The molecule has 5 heteroatoms. The van der Waals surface area contributed by atoms with Crippen LogP contribution in [0.1, 0.15) is 30.4 Å². The maximum absolute atomic E-state index is 12.7. The summed E-state index contributed by atoms with van der Waals surface area (Å²) in [5.74, 6) is 0.543. The molecule has 1 heterocycles. The molecule has 0 radical (unpaired) electrons. The maximum atomic E-state index is 12.7. The van der Waals surface area contributed by atoms with Crippen LogP contribution in [0.4, 0.5) is 0 Å². The minimum atomic E-state index is 0.171. The van der Waals surface area contributed by atoms with Gasteiger partial charge in [0.1, 0.15) is 0 Å². The molecular formula is C25H26ClN3O. The SMILES string of the molecule is CN(Cc1cn(Cc2ccccc2Cl)nc1-c1ccccc1)C(=O)CC1C=CCC1. The van der Waals surface area contributed by atoms with Crippen LogP contribution in [0.2, 0.25) is 5.02 Å². The lowest BCUT2D eigenvalue weighted by Gasteiger charge is -2.19. The van der Waals surface area contributed by atoms with Crippen molar-refractivity contribution in [1.29, 1.82) is 0 Å². The van der Waals surface area contributed by atoms with E-state index in [0.29, 0.717) is 25.4 Å². The zero-order chi connectivity index (χ0) is 20.9. The Bertz CT molecular complexity index is 1040. The smallest absolute Gasteiger partial charge is 0.223 e. The lowest BCUT2D eigenvalue weighted by molar-refractivity contribution is -0.131. The number of carbonyl (C=O) groups is 1. The molecule has 3 aromatic rings. The fraction of sp³-hybridized carbons (Fsp3) is 0.280. The first-order valence-corrected chi connectivity index (χ1v) is 10.7. The van der Waals surface area contributed by atoms with Gasteiger partial charge in [-0.3, -0.25) is 9.48 Å². The topological polar surface area (TPSA) is 38.1 Å². The number of halogens is 1. The van der Waals surface area contributed by atoms with Gasteiger partial charge in [-0.2, -0.15) is 5.10 Å². The summed E-state index contributed by atoms with van der Waals surface area (Å²) in [6.07, 6.45) is 9.10. The van der Waals surface area contributed by atoms with Crippen molar-refractivity contribution >= 4 is 17.5 Å². The van der Waals surface area contributed by atoms with Crippen molar-refractivity contribution < 1.29 is 4.79 Å². The van der Waals surface area contributed by atoms with Crippen molar-refractivity contribution in [3.63, 3.8) is 0 Å².